The molecule has 3 rings (SSSR count). The molecule has 0 amide bonds. The highest BCUT2D eigenvalue weighted by atomic mass is 19.1. The maximum atomic E-state index is 14.0. The van der Waals surface area contributed by atoms with Crippen LogP contribution in [0.5, 0.6) is 11.5 Å². The zero-order valence-electron chi connectivity index (χ0n) is 11.5. The highest BCUT2D eigenvalue weighted by Crippen LogP contribution is 2.31. The van der Waals surface area contributed by atoms with Crippen LogP contribution in [0.4, 0.5) is 4.39 Å². The SMILES string of the molecule is C[C@@H](O)c1ccc(Oc2cccc3ncccc23)c(F)c1. The summed E-state index contributed by atoms with van der Waals surface area (Å²) < 4.78 is 19.7. The van der Waals surface area contributed by atoms with Crippen LogP contribution in [0.25, 0.3) is 10.9 Å². The highest BCUT2D eigenvalue weighted by molar-refractivity contribution is 5.85. The Bertz CT molecular complexity index is 781. The Hall–Kier alpha value is -2.46. The van der Waals surface area contributed by atoms with Crippen molar-refractivity contribution >= 4 is 10.9 Å². The van der Waals surface area contributed by atoms with Gasteiger partial charge in [-0.1, -0.05) is 12.1 Å². The molecule has 0 saturated heterocycles. The van der Waals surface area contributed by atoms with Crippen molar-refractivity contribution in [3.8, 4) is 11.5 Å². The Balaban J connectivity index is 1.99. The van der Waals surface area contributed by atoms with Crippen LogP contribution in [0.1, 0.15) is 18.6 Å². The van der Waals surface area contributed by atoms with Gasteiger partial charge >= 0.3 is 0 Å². The number of halogens is 1. The smallest absolute Gasteiger partial charge is 0.166 e. The van der Waals surface area contributed by atoms with Gasteiger partial charge in [-0.25, -0.2) is 4.39 Å². The second-order valence-electron chi connectivity index (χ2n) is 4.79. The van der Waals surface area contributed by atoms with Crippen molar-refractivity contribution in [3.63, 3.8) is 0 Å². The van der Waals surface area contributed by atoms with E-state index in [9.17, 15) is 9.50 Å². The number of benzene rings is 2. The largest absolute Gasteiger partial charge is 0.454 e. The van der Waals surface area contributed by atoms with Crippen molar-refractivity contribution < 1.29 is 14.2 Å². The van der Waals surface area contributed by atoms with E-state index >= 15 is 0 Å². The van der Waals surface area contributed by atoms with Gasteiger partial charge in [-0.3, -0.25) is 4.98 Å². The van der Waals surface area contributed by atoms with Crippen LogP contribution in [0.2, 0.25) is 0 Å². The molecule has 1 atom stereocenters. The lowest BCUT2D eigenvalue weighted by molar-refractivity contribution is 0.198. The number of aliphatic hydroxyl groups is 1. The molecule has 0 aliphatic carbocycles. The fourth-order valence-corrected chi connectivity index (χ4v) is 2.14. The molecule has 0 fully saturated rings. The summed E-state index contributed by atoms with van der Waals surface area (Å²) in [5.41, 5.74) is 1.30. The molecule has 0 aliphatic heterocycles. The van der Waals surface area contributed by atoms with Gasteiger partial charge in [0.1, 0.15) is 5.75 Å². The molecule has 21 heavy (non-hydrogen) atoms. The first kappa shape index (κ1) is 13.5. The summed E-state index contributed by atoms with van der Waals surface area (Å²) in [4.78, 5) is 4.24. The number of ether oxygens (including phenoxy) is 1. The Kier molecular flexibility index (Phi) is 3.54. The van der Waals surface area contributed by atoms with E-state index in [1.807, 2.05) is 24.3 Å². The number of hydrogen-bond donors (Lipinski definition) is 1. The van der Waals surface area contributed by atoms with Crippen molar-refractivity contribution in [2.24, 2.45) is 0 Å². The van der Waals surface area contributed by atoms with E-state index in [1.54, 1.807) is 25.3 Å². The van der Waals surface area contributed by atoms with E-state index < -0.39 is 11.9 Å². The van der Waals surface area contributed by atoms with Crippen LogP contribution < -0.4 is 4.74 Å². The van der Waals surface area contributed by atoms with Crippen molar-refractivity contribution in [1.82, 2.24) is 4.98 Å². The molecular formula is C17H14FNO2. The van der Waals surface area contributed by atoms with Crippen molar-refractivity contribution in [3.05, 3.63) is 66.1 Å². The third kappa shape index (κ3) is 2.71. The summed E-state index contributed by atoms with van der Waals surface area (Å²) in [5, 5.41) is 10.3. The maximum absolute atomic E-state index is 14.0. The van der Waals surface area contributed by atoms with Crippen LogP contribution >= 0.6 is 0 Å². The van der Waals surface area contributed by atoms with E-state index in [2.05, 4.69) is 4.98 Å². The maximum Gasteiger partial charge on any atom is 0.166 e. The Morgan fingerprint density at radius 1 is 1.10 bits per heavy atom. The third-order valence-electron chi connectivity index (χ3n) is 3.26. The molecule has 0 saturated carbocycles. The molecule has 0 bridgehead atoms. The van der Waals surface area contributed by atoms with E-state index in [4.69, 9.17) is 4.74 Å². The molecule has 1 aromatic heterocycles. The van der Waals surface area contributed by atoms with Crippen LogP contribution in [0.15, 0.2) is 54.7 Å². The van der Waals surface area contributed by atoms with Gasteiger partial charge in [-0.05, 0) is 48.9 Å². The molecular weight excluding hydrogens is 269 g/mol. The first-order valence-corrected chi connectivity index (χ1v) is 6.64. The minimum atomic E-state index is -0.713. The summed E-state index contributed by atoms with van der Waals surface area (Å²) in [6.45, 7) is 1.59. The number of pyridine rings is 1. The second-order valence-corrected chi connectivity index (χ2v) is 4.79. The number of fused-ring (bicyclic) bond motifs is 1. The van der Waals surface area contributed by atoms with Gasteiger partial charge in [-0.2, -0.15) is 0 Å². The monoisotopic (exact) mass is 283 g/mol. The highest BCUT2D eigenvalue weighted by Gasteiger charge is 2.10. The van der Waals surface area contributed by atoms with Crippen molar-refractivity contribution in [2.45, 2.75) is 13.0 Å². The minimum Gasteiger partial charge on any atom is -0.454 e. The average molecular weight is 283 g/mol. The number of rotatable bonds is 3. The lowest BCUT2D eigenvalue weighted by Gasteiger charge is -2.11. The van der Waals surface area contributed by atoms with Gasteiger partial charge in [0.2, 0.25) is 0 Å². The molecule has 1 heterocycles. The van der Waals surface area contributed by atoms with Gasteiger partial charge in [-0.15, -0.1) is 0 Å². The summed E-state index contributed by atoms with van der Waals surface area (Å²) in [6, 6.07) is 13.6. The topological polar surface area (TPSA) is 42.4 Å². The standard InChI is InChI=1S/C17H14FNO2/c1-11(20)12-7-8-17(14(18)10-12)21-16-6-2-5-15-13(16)4-3-9-19-15/h2-11,20H,1H3/t11-/m1/s1. The number of aromatic nitrogens is 1. The zero-order valence-corrected chi connectivity index (χ0v) is 11.5. The fourth-order valence-electron chi connectivity index (χ4n) is 2.14. The normalized spacial score (nSPS) is 12.3. The van der Waals surface area contributed by atoms with Crippen LogP contribution in [0, 0.1) is 5.82 Å². The Morgan fingerprint density at radius 3 is 2.71 bits per heavy atom. The molecule has 0 radical (unpaired) electrons. The molecule has 4 heteroatoms. The lowest BCUT2D eigenvalue weighted by Crippen LogP contribution is -1.95. The van der Waals surface area contributed by atoms with Crippen molar-refractivity contribution in [2.75, 3.05) is 0 Å². The molecule has 3 aromatic rings. The first-order chi connectivity index (χ1) is 10.1. The van der Waals surface area contributed by atoms with Crippen molar-refractivity contribution in [1.29, 1.82) is 0 Å². The number of hydrogen-bond acceptors (Lipinski definition) is 3. The predicted molar refractivity (Wildman–Crippen MR) is 78.9 cm³/mol. The molecule has 106 valence electrons. The van der Waals surface area contributed by atoms with E-state index in [0.717, 1.165) is 10.9 Å². The molecule has 0 aliphatic rings. The second kappa shape index (κ2) is 5.50. The molecule has 1 N–H and O–H groups in total. The van der Waals surface area contributed by atoms with E-state index in [1.165, 1.54) is 12.1 Å². The minimum absolute atomic E-state index is 0.121. The summed E-state index contributed by atoms with van der Waals surface area (Å²) in [6.07, 6.45) is 0.986. The summed E-state index contributed by atoms with van der Waals surface area (Å²) >= 11 is 0. The predicted octanol–water partition coefficient (Wildman–Crippen LogP) is 4.22. The summed E-state index contributed by atoms with van der Waals surface area (Å²) in [5.74, 6) is 0.161. The van der Waals surface area contributed by atoms with Gasteiger partial charge in [0.05, 0.1) is 11.6 Å². The fraction of sp³-hybridized carbons (Fsp3) is 0.118. The van der Waals surface area contributed by atoms with E-state index in [-0.39, 0.29) is 5.75 Å². The van der Waals surface area contributed by atoms with Crippen LogP contribution in [-0.2, 0) is 0 Å². The van der Waals surface area contributed by atoms with Gasteiger partial charge in [0, 0.05) is 11.6 Å². The third-order valence-corrected chi connectivity index (χ3v) is 3.26. The van der Waals surface area contributed by atoms with Gasteiger partial charge in [0.25, 0.3) is 0 Å². The Labute approximate surface area is 121 Å². The zero-order chi connectivity index (χ0) is 14.8. The first-order valence-electron chi connectivity index (χ1n) is 6.64. The van der Waals surface area contributed by atoms with Gasteiger partial charge < -0.3 is 9.84 Å². The summed E-state index contributed by atoms with van der Waals surface area (Å²) in [7, 11) is 0. The number of aliphatic hydroxyl groups excluding tert-OH is 1. The van der Waals surface area contributed by atoms with Gasteiger partial charge in [0.15, 0.2) is 11.6 Å². The molecule has 3 nitrogen and oxygen atoms in total. The average Bonchev–Trinajstić information content (AvgIpc) is 2.49. The van der Waals surface area contributed by atoms with Crippen LogP contribution in [-0.4, -0.2) is 10.1 Å². The molecule has 0 unspecified atom stereocenters. The lowest BCUT2D eigenvalue weighted by atomic mass is 10.1. The molecule has 0 spiro atoms. The molecule has 2 aromatic carbocycles. The number of nitrogens with zero attached hydrogens (tertiary/aromatic N) is 1. The van der Waals surface area contributed by atoms with Crippen LogP contribution in [0.3, 0.4) is 0 Å². The van der Waals surface area contributed by atoms with E-state index in [0.29, 0.717) is 11.3 Å². The Morgan fingerprint density at radius 2 is 1.95 bits per heavy atom. The quantitative estimate of drug-likeness (QED) is 0.782.